The molecular weight excluding hydrogens is 440 g/mol. The summed E-state index contributed by atoms with van der Waals surface area (Å²) in [6.45, 7) is 9.77. The number of carbonyl (C=O) groups is 2. The molecule has 0 saturated heterocycles. The van der Waals surface area contributed by atoms with E-state index in [1.165, 1.54) is 4.68 Å². The molecule has 2 saturated carbocycles. The van der Waals surface area contributed by atoms with E-state index in [0.717, 1.165) is 25.7 Å². The van der Waals surface area contributed by atoms with E-state index in [1.54, 1.807) is 20.8 Å². The second-order valence-corrected chi connectivity index (χ2v) is 11.2. The number of hydrogen-bond donors (Lipinski definition) is 3. The summed E-state index contributed by atoms with van der Waals surface area (Å²) in [7, 11) is 0. The van der Waals surface area contributed by atoms with Crippen molar-refractivity contribution in [2.45, 2.75) is 109 Å². The van der Waals surface area contributed by atoms with Gasteiger partial charge in [-0.15, -0.1) is 5.10 Å². The lowest BCUT2D eigenvalue weighted by atomic mass is 9.68. The molecule has 2 aliphatic carbocycles. The van der Waals surface area contributed by atoms with Crippen LogP contribution in [0.15, 0.2) is 9.21 Å². The van der Waals surface area contributed by atoms with E-state index in [2.05, 4.69) is 15.7 Å². The molecule has 3 N–H and O–H groups in total. The third kappa shape index (κ3) is 6.40. The highest BCUT2D eigenvalue weighted by Gasteiger charge is 2.53. The highest BCUT2D eigenvalue weighted by atomic mass is 16.6. The number of hydrogen-bond acceptors (Lipinski definition) is 7. The molecule has 2 fully saturated rings. The molecule has 1 unspecified atom stereocenters. The first-order chi connectivity index (χ1) is 15.9. The summed E-state index contributed by atoms with van der Waals surface area (Å²) in [5.41, 5.74) is -2.46. The van der Waals surface area contributed by atoms with Crippen LogP contribution in [0.3, 0.4) is 0 Å². The maximum atomic E-state index is 12.6. The number of aliphatic hydroxyl groups is 1. The predicted octanol–water partition coefficient (Wildman–Crippen LogP) is 2.68. The van der Waals surface area contributed by atoms with E-state index in [-0.39, 0.29) is 11.8 Å². The molecule has 3 rings (SSSR count). The Bertz CT molecular complexity index is 900. The Morgan fingerprint density at radius 3 is 2.53 bits per heavy atom. The fraction of sp³-hybridized carbons (Fsp3) is 0.833. The molecule has 0 aromatic carbocycles. The van der Waals surface area contributed by atoms with Gasteiger partial charge < -0.3 is 24.9 Å². The second-order valence-electron chi connectivity index (χ2n) is 11.2. The van der Waals surface area contributed by atoms with Crippen LogP contribution in [0, 0.1) is 17.8 Å². The van der Waals surface area contributed by atoms with Crippen LogP contribution in [0.25, 0.3) is 0 Å². The summed E-state index contributed by atoms with van der Waals surface area (Å²) >= 11 is 0. The van der Waals surface area contributed by atoms with Gasteiger partial charge in [0, 0.05) is 12.0 Å². The summed E-state index contributed by atoms with van der Waals surface area (Å²) in [4.78, 5) is 36.8. The van der Waals surface area contributed by atoms with Crippen LogP contribution in [0.1, 0.15) is 85.5 Å². The number of nitrogens with zero attached hydrogens (tertiary/aromatic N) is 2. The van der Waals surface area contributed by atoms with E-state index in [0.29, 0.717) is 38.1 Å². The monoisotopic (exact) mass is 480 g/mol. The van der Waals surface area contributed by atoms with Gasteiger partial charge in [-0.05, 0) is 64.7 Å². The summed E-state index contributed by atoms with van der Waals surface area (Å²) in [5.74, 6) is -0.759. The van der Waals surface area contributed by atoms with Gasteiger partial charge in [-0.1, -0.05) is 26.7 Å². The van der Waals surface area contributed by atoms with Crippen LogP contribution >= 0.6 is 0 Å². The number of alkyl carbamates (subject to hydrolysis) is 1. The zero-order chi connectivity index (χ0) is 25.1. The molecule has 0 spiro atoms. The summed E-state index contributed by atoms with van der Waals surface area (Å²) in [6, 6.07) is -1.21. The molecule has 10 nitrogen and oxygen atoms in total. The number of carbonyl (C=O) groups excluding carboxylic acids is 2. The van der Waals surface area contributed by atoms with Crippen molar-refractivity contribution in [2.75, 3.05) is 0 Å². The molecule has 0 bridgehead atoms. The van der Waals surface area contributed by atoms with Gasteiger partial charge in [0.05, 0.1) is 12.6 Å². The van der Waals surface area contributed by atoms with E-state index in [4.69, 9.17) is 9.15 Å². The Kier molecular flexibility index (Phi) is 8.10. The van der Waals surface area contributed by atoms with Crippen molar-refractivity contribution in [3.63, 3.8) is 0 Å². The first kappa shape index (κ1) is 26.2. The zero-order valence-electron chi connectivity index (χ0n) is 21.0. The van der Waals surface area contributed by atoms with Crippen molar-refractivity contribution in [3.05, 3.63) is 16.4 Å². The first-order valence-electron chi connectivity index (χ1n) is 12.4. The SMILES string of the molecule is CC(C)C[C@H](NC=O)C(O)(c1nn(CC2CC2)c(=O)o1)[C@@H]1CCCC[C@@H]1NC(=O)OC(C)(C)C. The van der Waals surface area contributed by atoms with Gasteiger partial charge >= 0.3 is 11.8 Å². The highest BCUT2D eigenvalue weighted by Crippen LogP contribution is 2.43. The Morgan fingerprint density at radius 1 is 1.26 bits per heavy atom. The van der Waals surface area contributed by atoms with Gasteiger partial charge in [0.2, 0.25) is 6.41 Å². The number of rotatable bonds is 10. The Hall–Kier alpha value is -2.36. The van der Waals surface area contributed by atoms with E-state index in [9.17, 15) is 19.5 Å². The number of amides is 2. The lowest BCUT2D eigenvalue weighted by molar-refractivity contribution is -0.123. The minimum atomic E-state index is -1.79. The van der Waals surface area contributed by atoms with Gasteiger partial charge in [-0.3, -0.25) is 4.79 Å². The van der Waals surface area contributed by atoms with Gasteiger partial charge in [0.25, 0.3) is 5.89 Å². The second kappa shape index (κ2) is 10.5. The largest absolute Gasteiger partial charge is 0.444 e. The Labute approximate surface area is 200 Å². The number of aromatic nitrogens is 2. The minimum absolute atomic E-state index is 0.110. The normalized spacial score (nSPS) is 23.7. The van der Waals surface area contributed by atoms with Gasteiger partial charge in [-0.2, -0.15) is 4.68 Å². The van der Waals surface area contributed by atoms with Crippen molar-refractivity contribution < 1.29 is 23.8 Å². The van der Waals surface area contributed by atoms with Crippen molar-refractivity contribution in [3.8, 4) is 0 Å². The van der Waals surface area contributed by atoms with Gasteiger partial charge in [0.1, 0.15) is 5.60 Å². The van der Waals surface area contributed by atoms with E-state index in [1.807, 2.05) is 13.8 Å². The van der Waals surface area contributed by atoms with E-state index < -0.39 is 41.1 Å². The molecular formula is C24H40N4O6. The third-order valence-corrected chi connectivity index (χ3v) is 6.62. The summed E-state index contributed by atoms with van der Waals surface area (Å²) in [5, 5.41) is 22.4. The lowest BCUT2D eigenvalue weighted by Gasteiger charge is -2.45. The molecule has 192 valence electrons. The standard InChI is InChI=1S/C24H40N4O6/c1-15(2)12-19(25-14-29)24(32,20-27-28(22(31)33-20)13-16-10-11-16)17-8-6-7-9-18(17)26-21(30)34-23(3,4)5/h14-19,32H,6-13H2,1-5H3,(H,25,29)(H,26,30)/t17-,18+,19+,24?/m1/s1. The molecule has 1 heterocycles. The van der Waals surface area contributed by atoms with E-state index >= 15 is 0 Å². The highest BCUT2D eigenvalue weighted by molar-refractivity contribution is 5.68. The van der Waals surface area contributed by atoms with Gasteiger partial charge in [0.15, 0.2) is 5.60 Å². The topological polar surface area (TPSA) is 136 Å². The number of ether oxygens (including phenoxy) is 1. The maximum Gasteiger partial charge on any atom is 0.437 e. The third-order valence-electron chi connectivity index (χ3n) is 6.62. The Morgan fingerprint density at radius 2 is 1.94 bits per heavy atom. The molecule has 4 atom stereocenters. The molecule has 1 aromatic rings. The van der Waals surface area contributed by atoms with Crippen molar-refractivity contribution in [2.24, 2.45) is 17.8 Å². The fourth-order valence-electron chi connectivity index (χ4n) is 4.91. The maximum absolute atomic E-state index is 12.6. The predicted molar refractivity (Wildman–Crippen MR) is 125 cm³/mol. The van der Waals surface area contributed by atoms with Crippen molar-refractivity contribution in [1.82, 2.24) is 20.4 Å². The average molecular weight is 481 g/mol. The molecule has 2 amide bonds. The molecule has 0 aliphatic heterocycles. The van der Waals surface area contributed by atoms with Crippen LogP contribution < -0.4 is 16.4 Å². The average Bonchev–Trinajstić information content (AvgIpc) is 3.47. The van der Waals surface area contributed by atoms with Crippen LogP contribution in [-0.4, -0.2) is 45.1 Å². The zero-order valence-corrected chi connectivity index (χ0v) is 21.0. The fourth-order valence-corrected chi connectivity index (χ4v) is 4.91. The minimum Gasteiger partial charge on any atom is -0.444 e. The van der Waals surface area contributed by atoms with Crippen molar-refractivity contribution in [1.29, 1.82) is 0 Å². The molecule has 10 heteroatoms. The molecule has 0 radical (unpaired) electrons. The van der Waals surface area contributed by atoms with Crippen molar-refractivity contribution >= 4 is 12.5 Å². The molecule has 1 aromatic heterocycles. The summed E-state index contributed by atoms with van der Waals surface area (Å²) < 4.78 is 12.3. The van der Waals surface area contributed by atoms with Crippen LogP contribution in [0.4, 0.5) is 4.79 Å². The Balaban J connectivity index is 2.00. The molecule has 2 aliphatic rings. The number of nitrogens with one attached hydrogen (secondary N) is 2. The smallest absolute Gasteiger partial charge is 0.437 e. The summed E-state index contributed by atoms with van der Waals surface area (Å²) in [6.07, 6.45) is 5.35. The molecule has 34 heavy (non-hydrogen) atoms. The van der Waals surface area contributed by atoms with Crippen LogP contribution in [0.5, 0.6) is 0 Å². The first-order valence-corrected chi connectivity index (χ1v) is 12.4. The van der Waals surface area contributed by atoms with Crippen LogP contribution in [0.2, 0.25) is 0 Å². The van der Waals surface area contributed by atoms with Crippen LogP contribution in [-0.2, 0) is 21.7 Å². The lowest BCUT2D eigenvalue weighted by Crippen LogP contribution is -2.60. The quantitative estimate of drug-likeness (QED) is 0.438. The van der Waals surface area contributed by atoms with Gasteiger partial charge in [-0.25, -0.2) is 9.59 Å².